The van der Waals surface area contributed by atoms with Crippen LogP contribution in [0.2, 0.25) is 0 Å². The summed E-state index contributed by atoms with van der Waals surface area (Å²) in [5.74, 6) is 0. The Bertz CT molecular complexity index is 952. The number of halogens is 1. The van der Waals surface area contributed by atoms with Crippen LogP contribution >= 0.6 is 15.9 Å². The fraction of sp³-hybridized carbons (Fsp3) is 0.0526. The van der Waals surface area contributed by atoms with E-state index in [1.165, 1.54) is 0 Å². The minimum Gasteiger partial charge on any atom is -0.279 e. The molecule has 3 aromatic rings. The number of aryl methyl sites for hydroxylation is 1. The van der Waals surface area contributed by atoms with Crippen LogP contribution in [0.1, 0.15) is 5.56 Å². The van der Waals surface area contributed by atoms with Crippen LogP contribution in [0.15, 0.2) is 82.2 Å². The van der Waals surface area contributed by atoms with E-state index in [9.17, 15) is 8.42 Å². The second-order valence-electron chi connectivity index (χ2n) is 5.47. The van der Waals surface area contributed by atoms with Gasteiger partial charge in [0.2, 0.25) is 0 Å². The van der Waals surface area contributed by atoms with E-state index in [-0.39, 0.29) is 4.90 Å². The van der Waals surface area contributed by atoms with Crippen LogP contribution in [0, 0.1) is 6.92 Å². The molecule has 1 N–H and O–H groups in total. The van der Waals surface area contributed by atoms with Gasteiger partial charge in [0.05, 0.1) is 10.6 Å². The Morgan fingerprint density at radius 3 is 2.21 bits per heavy atom. The molecule has 0 fully saturated rings. The molecule has 0 aromatic heterocycles. The molecule has 3 nitrogen and oxygen atoms in total. The standard InChI is InChI=1S/C19H16BrNO2S/c1-14-7-10-17(11-8-14)24(22,23)21-19-12-9-16(20)13-18(19)15-5-3-2-4-6-15/h2-13,21H,1H3. The number of rotatable bonds is 4. The molecular weight excluding hydrogens is 386 g/mol. The van der Waals surface area contributed by atoms with Gasteiger partial charge in [-0.15, -0.1) is 0 Å². The Hall–Kier alpha value is -2.11. The molecule has 0 heterocycles. The zero-order valence-corrected chi connectivity index (χ0v) is 15.4. The van der Waals surface area contributed by atoms with Gasteiger partial charge in [-0.3, -0.25) is 4.72 Å². The van der Waals surface area contributed by atoms with Crippen molar-refractivity contribution in [3.63, 3.8) is 0 Å². The molecule has 0 aliphatic rings. The predicted molar refractivity (Wildman–Crippen MR) is 102 cm³/mol. The molecule has 0 radical (unpaired) electrons. The molecule has 24 heavy (non-hydrogen) atoms. The van der Waals surface area contributed by atoms with Crippen LogP contribution in [0.3, 0.4) is 0 Å². The lowest BCUT2D eigenvalue weighted by atomic mass is 10.0. The van der Waals surface area contributed by atoms with Gasteiger partial charge in [-0.25, -0.2) is 8.42 Å². The summed E-state index contributed by atoms with van der Waals surface area (Å²) in [5, 5.41) is 0. The maximum absolute atomic E-state index is 12.7. The van der Waals surface area contributed by atoms with Crippen LogP contribution in [0.25, 0.3) is 11.1 Å². The van der Waals surface area contributed by atoms with Crippen molar-refractivity contribution in [2.24, 2.45) is 0 Å². The van der Waals surface area contributed by atoms with Crippen molar-refractivity contribution in [2.75, 3.05) is 4.72 Å². The average molecular weight is 402 g/mol. The molecule has 0 aliphatic heterocycles. The highest BCUT2D eigenvalue weighted by atomic mass is 79.9. The summed E-state index contributed by atoms with van der Waals surface area (Å²) in [6.45, 7) is 1.92. The maximum Gasteiger partial charge on any atom is 0.261 e. The van der Waals surface area contributed by atoms with Gasteiger partial charge < -0.3 is 0 Å². The molecule has 3 rings (SSSR count). The lowest BCUT2D eigenvalue weighted by Crippen LogP contribution is -2.13. The summed E-state index contributed by atoms with van der Waals surface area (Å²) in [5.41, 5.74) is 3.33. The second-order valence-corrected chi connectivity index (χ2v) is 8.07. The highest BCUT2D eigenvalue weighted by Gasteiger charge is 2.16. The SMILES string of the molecule is Cc1ccc(S(=O)(=O)Nc2ccc(Br)cc2-c2ccccc2)cc1. The minimum absolute atomic E-state index is 0.245. The first-order chi connectivity index (χ1) is 11.5. The van der Waals surface area contributed by atoms with Crippen molar-refractivity contribution in [2.45, 2.75) is 11.8 Å². The van der Waals surface area contributed by atoms with E-state index in [1.807, 2.05) is 49.4 Å². The van der Waals surface area contributed by atoms with E-state index >= 15 is 0 Å². The zero-order valence-electron chi connectivity index (χ0n) is 13.0. The number of benzene rings is 3. The van der Waals surface area contributed by atoms with Gasteiger partial charge in [0.15, 0.2) is 0 Å². The predicted octanol–water partition coefficient (Wildman–Crippen LogP) is 5.23. The summed E-state index contributed by atoms with van der Waals surface area (Å²) >= 11 is 3.45. The fourth-order valence-corrected chi connectivity index (χ4v) is 3.82. The van der Waals surface area contributed by atoms with Crippen molar-refractivity contribution in [3.8, 4) is 11.1 Å². The van der Waals surface area contributed by atoms with Crippen molar-refractivity contribution in [1.29, 1.82) is 0 Å². The fourth-order valence-electron chi connectivity index (χ4n) is 2.38. The third-order valence-electron chi connectivity index (χ3n) is 3.64. The third kappa shape index (κ3) is 3.68. The van der Waals surface area contributed by atoms with Gasteiger partial charge in [-0.05, 0) is 42.8 Å². The monoisotopic (exact) mass is 401 g/mol. The summed E-state index contributed by atoms with van der Waals surface area (Å²) in [6, 6.07) is 22.0. The summed E-state index contributed by atoms with van der Waals surface area (Å²) in [6.07, 6.45) is 0. The van der Waals surface area contributed by atoms with Gasteiger partial charge in [0.25, 0.3) is 10.0 Å². The van der Waals surface area contributed by atoms with Gasteiger partial charge >= 0.3 is 0 Å². The van der Waals surface area contributed by atoms with Crippen LogP contribution in [0.4, 0.5) is 5.69 Å². The Morgan fingerprint density at radius 1 is 0.875 bits per heavy atom. The first-order valence-electron chi connectivity index (χ1n) is 7.40. The average Bonchev–Trinajstić information content (AvgIpc) is 2.57. The van der Waals surface area contributed by atoms with E-state index < -0.39 is 10.0 Å². The molecule has 5 heteroatoms. The lowest BCUT2D eigenvalue weighted by Gasteiger charge is -2.13. The molecule has 0 aliphatic carbocycles. The normalized spacial score (nSPS) is 11.2. The number of anilines is 1. The van der Waals surface area contributed by atoms with E-state index in [4.69, 9.17) is 0 Å². The largest absolute Gasteiger partial charge is 0.279 e. The number of hydrogen-bond donors (Lipinski definition) is 1. The Balaban J connectivity index is 2.03. The quantitative estimate of drug-likeness (QED) is 0.650. The molecular formula is C19H16BrNO2S. The molecule has 122 valence electrons. The van der Waals surface area contributed by atoms with Gasteiger partial charge in [-0.2, -0.15) is 0 Å². The summed E-state index contributed by atoms with van der Waals surface area (Å²) in [4.78, 5) is 0.245. The van der Waals surface area contributed by atoms with Crippen LogP contribution in [0.5, 0.6) is 0 Å². The minimum atomic E-state index is -3.64. The molecule has 0 bridgehead atoms. The van der Waals surface area contributed by atoms with E-state index in [2.05, 4.69) is 20.7 Å². The molecule has 0 saturated carbocycles. The van der Waals surface area contributed by atoms with Gasteiger partial charge in [0, 0.05) is 10.0 Å². The van der Waals surface area contributed by atoms with Crippen LogP contribution < -0.4 is 4.72 Å². The number of sulfonamides is 1. The highest BCUT2D eigenvalue weighted by molar-refractivity contribution is 9.10. The lowest BCUT2D eigenvalue weighted by molar-refractivity contribution is 0.601. The van der Waals surface area contributed by atoms with Crippen LogP contribution in [-0.2, 0) is 10.0 Å². The Morgan fingerprint density at radius 2 is 1.54 bits per heavy atom. The van der Waals surface area contributed by atoms with Gasteiger partial charge in [-0.1, -0.05) is 64.0 Å². The van der Waals surface area contributed by atoms with Crippen molar-refractivity contribution in [3.05, 3.63) is 82.8 Å². The first-order valence-corrected chi connectivity index (χ1v) is 9.68. The molecule has 0 amide bonds. The first kappa shape index (κ1) is 16.7. The van der Waals surface area contributed by atoms with Crippen molar-refractivity contribution in [1.82, 2.24) is 0 Å². The summed E-state index contributed by atoms with van der Waals surface area (Å²) in [7, 11) is -3.64. The Kier molecular flexibility index (Phi) is 4.73. The highest BCUT2D eigenvalue weighted by Crippen LogP contribution is 2.32. The van der Waals surface area contributed by atoms with E-state index in [1.54, 1.807) is 30.3 Å². The molecule has 0 unspecified atom stereocenters. The number of nitrogens with one attached hydrogen (secondary N) is 1. The van der Waals surface area contributed by atoms with E-state index in [0.717, 1.165) is 21.2 Å². The topological polar surface area (TPSA) is 46.2 Å². The van der Waals surface area contributed by atoms with Crippen molar-refractivity contribution < 1.29 is 8.42 Å². The zero-order chi connectivity index (χ0) is 17.2. The summed E-state index contributed by atoms with van der Waals surface area (Å²) < 4.78 is 28.9. The third-order valence-corrected chi connectivity index (χ3v) is 5.52. The smallest absolute Gasteiger partial charge is 0.261 e. The molecule has 0 saturated heterocycles. The van der Waals surface area contributed by atoms with Crippen molar-refractivity contribution >= 4 is 31.6 Å². The van der Waals surface area contributed by atoms with Crippen LogP contribution in [-0.4, -0.2) is 8.42 Å². The van der Waals surface area contributed by atoms with E-state index in [0.29, 0.717) is 5.69 Å². The Labute approximate surface area is 150 Å². The molecule has 3 aromatic carbocycles. The maximum atomic E-state index is 12.7. The van der Waals surface area contributed by atoms with Gasteiger partial charge in [0.1, 0.15) is 0 Å². The second kappa shape index (κ2) is 6.79. The molecule has 0 atom stereocenters. The number of hydrogen-bond acceptors (Lipinski definition) is 2. The molecule has 0 spiro atoms.